The molecule has 1 aliphatic rings. The molecule has 62 heavy (non-hydrogen) atoms. The average molecular weight is 903 g/mol. The van der Waals surface area contributed by atoms with E-state index < -0.39 is 65.5 Å². The number of nitrogens with one attached hydrogen (secondary N) is 5. The average Bonchev–Trinajstić information content (AvgIpc) is 3.84. The topological polar surface area (TPSA) is 251 Å². The van der Waals surface area contributed by atoms with Gasteiger partial charge in [0.2, 0.25) is 23.6 Å². The summed E-state index contributed by atoms with van der Waals surface area (Å²) in [5.74, 6) is -2.62. The zero-order chi connectivity index (χ0) is 46.0. The number of fused-ring (bicyclic) bond motifs is 1. The highest BCUT2D eigenvalue weighted by Crippen LogP contribution is 2.38. The number of nitrogens with two attached hydrogens (primary N) is 1. The maximum atomic E-state index is 13.6. The molecule has 0 saturated carbocycles. The van der Waals surface area contributed by atoms with Crippen molar-refractivity contribution in [1.82, 2.24) is 26.2 Å². The minimum Gasteiger partial charge on any atom is -0.480 e. The highest BCUT2D eigenvalue weighted by Gasteiger charge is 2.29. The molecule has 0 spiro atoms. The Balaban J connectivity index is 1.48. The van der Waals surface area contributed by atoms with Crippen LogP contribution in [0.2, 0.25) is 0 Å². The van der Waals surface area contributed by atoms with Crippen LogP contribution in [0.15, 0.2) is 23.2 Å². The molecule has 19 heteroatoms. The quantitative estimate of drug-likeness (QED) is 0.0652. The number of hydrogen-bond donors (Lipinski definition) is 7. The number of ether oxygens (including phenoxy) is 1. The zero-order valence-electron chi connectivity index (χ0n) is 37.1. The second kappa shape index (κ2) is 25.5. The summed E-state index contributed by atoms with van der Waals surface area (Å²) in [4.78, 5) is 96.4. The minimum absolute atomic E-state index is 0.0609. The van der Waals surface area contributed by atoms with E-state index >= 15 is 0 Å². The van der Waals surface area contributed by atoms with Gasteiger partial charge in [0, 0.05) is 29.0 Å². The first-order chi connectivity index (χ1) is 29.3. The van der Waals surface area contributed by atoms with Crippen molar-refractivity contribution in [2.75, 3.05) is 44.8 Å². The Morgan fingerprint density at radius 1 is 0.919 bits per heavy atom. The fraction of sp³-hybridized carbons (Fsp3) is 0.628. The third-order valence-corrected chi connectivity index (χ3v) is 12.2. The lowest BCUT2D eigenvalue weighted by molar-refractivity contribution is -0.137. The molecule has 17 nitrogen and oxygen atoms in total. The number of carbonyl (C=O) groups is 7. The number of aliphatic carboxylic acids is 1. The van der Waals surface area contributed by atoms with Gasteiger partial charge in [-0.3, -0.25) is 29.0 Å². The molecule has 0 bridgehead atoms. The van der Waals surface area contributed by atoms with Crippen LogP contribution in [0.1, 0.15) is 109 Å². The van der Waals surface area contributed by atoms with Crippen molar-refractivity contribution >= 4 is 85.4 Å². The van der Waals surface area contributed by atoms with Crippen molar-refractivity contribution < 1.29 is 43.4 Å². The molecule has 0 saturated heterocycles. The Labute approximate surface area is 372 Å². The number of aliphatic imine (C=N–C) groups is 1. The molecule has 344 valence electrons. The van der Waals surface area contributed by atoms with Crippen molar-refractivity contribution in [3.63, 3.8) is 0 Å². The van der Waals surface area contributed by atoms with E-state index in [1.165, 1.54) is 30.0 Å². The number of thiophene rings is 1. The van der Waals surface area contributed by atoms with Gasteiger partial charge >= 0.3 is 12.1 Å². The van der Waals surface area contributed by atoms with Crippen molar-refractivity contribution in [3.05, 3.63) is 28.6 Å². The highest BCUT2D eigenvalue weighted by atomic mass is 32.2. The molecule has 2 aromatic rings. The van der Waals surface area contributed by atoms with E-state index in [-0.39, 0.29) is 25.2 Å². The Morgan fingerprint density at radius 3 is 2.23 bits per heavy atom. The standard InChI is InChI=1S/C43H66N8O9S2/c1-8-29-30-20-19-27(23-34(30)62-36(29)40-49-33(25-61-40)41(57)58)47-39(56)32(16-11-13-21-44)48-37(54)26(2)46-35(53)18-10-9-15-28(52)24-45-38(55)31(17-12-14-22-51(6)7)50-42(59)60-43(3,4)5/h19-20,23,26,31-33H,8-18,21-22,24-25,44H2,1-7H3,(H,45,55)(H,46,53)(H,47,56)(H,48,54)(H,50,59)(H,57,58)/t26-,31-,32?,33?/m0/s1. The van der Waals surface area contributed by atoms with Gasteiger partial charge in [0.15, 0.2) is 11.8 Å². The van der Waals surface area contributed by atoms with Gasteiger partial charge in [-0.25, -0.2) is 9.59 Å². The number of thioether (sulfide) groups is 1. The number of Topliss-reactive ketones (excluding diaryl/α,β-unsaturated/α-hetero) is 1. The van der Waals surface area contributed by atoms with Gasteiger partial charge < -0.3 is 47.1 Å². The third kappa shape index (κ3) is 17.6. The molecule has 1 aromatic heterocycles. The van der Waals surface area contributed by atoms with Crippen LogP contribution in [0, 0.1) is 0 Å². The van der Waals surface area contributed by atoms with Gasteiger partial charge in [-0.1, -0.05) is 13.0 Å². The van der Waals surface area contributed by atoms with Crippen LogP contribution in [0.3, 0.4) is 0 Å². The van der Waals surface area contributed by atoms with E-state index in [1.807, 2.05) is 38.1 Å². The molecule has 4 atom stereocenters. The SMILES string of the molecule is CCc1c(C2=NC(C(=O)O)CS2)sc2cc(NC(=O)C(CCCCN)NC(=O)[C@H](C)NC(=O)CCCCC(=O)CNC(=O)[C@H](CCCCN(C)C)NC(=O)OC(C)(C)C)ccc12. The molecule has 0 aliphatic carbocycles. The Morgan fingerprint density at radius 2 is 1.60 bits per heavy atom. The van der Waals surface area contributed by atoms with Crippen LogP contribution in [0.4, 0.5) is 10.5 Å². The summed E-state index contributed by atoms with van der Waals surface area (Å²) in [5, 5.41) is 24.7. The first-order valence-corrected chi connectivity index (χ1v) is 23.2. The summed E-state index contributed by atoms with van der Waals surface area (Å²) in [5.41, 5.74) is 6.56. The minimum atomic E-state index is -0.951. The van der Waals surface area contributed by atoms with Crippen LogP contribution in [-0.2, 0) is 39.9 Å². The zero-order valence-corrected chi connectivity index (χ0v) is 38.8. The van der Waals surface area contributed by atoms with E-state index in [9.17, 15) is 38.7 Å². The lowest BCUT2D eigenvalue weighted by Crippen LogP contribution is -2.51. The fourth-order valence-electron chi connectivity index (χ4n) is 6.54. The van der Waals surface area contributed by atoms with Gasteiger partial charge in [0.05, 0.1) is 11.4 Å². The van der Waals surface area contributed by atoms with E-state index in [2.05, 4.69) is 31.6 Å². The highest BCUT2D eigenvalue weighted by molar-refractivity contribution is 8.15. The van der Waals surface area contributed by atoms with E-state index in [0.717, 1.165) is 39.9 Å². The number of anilines is 1. The lowest BCUT2D eigenvalue weighted by atomic mass is 10.1. The summed E-state index contributed by atoms with van der Waals surface area (Å²) in [7, 11) is 3.91. The second-order valence-electron chi connectivity index (χ2n) is 16.7. The van der Waals surface area contributed by atoms with Gasteiger partial charge in [-0.15, -0.1) is 23.1 Å². The van der Waals surface area contributed by atoms with Gasteiger partial charge in [0.1, 0.15) is 28.8 Å². The predicted octanol–water partition coefficient (Wildman–Crippen LogP) is 4.34. The summed E-state index contributed by atoms with van der Waals surface area (Å²) in [6, 6.07) is 2.10. The Hall–Kier alpha value is -4.59. The molecule has 5 amide bonds. The van der Waals surface area contributed by atoms with Gasteiger partial charge in [-0.2, -0.15) is 0 Å². The number of alkyl carbamates (subject to hydrolysis) is 1. The maximum Gasteiger partial charge on any atom is 0.408 e. The molecular formula is C43H66N8O9S2. The van der Waals surface area contributed by atoms with E-state index in [1.54, 1.807) is 26.8 Å². The number of carboxylic acid groups (broad SMARTS) is 1. The van der Waals surface area contributed by atoms with Crippen LogP contribution >= 0.6 is 23.1 Å². The fourth-order valence-corrected chi connectivity index (χ4v) is 9.06. The van der Waals surface area contributed by atoms with Gasteiger partial charge in [-0.05, 0) is 136 Å². The number of benzene rings is 1. The van der Waals surface area contributed by atoms with E-state index in [4.69, 9.17) is 10.5 Å². The van der Waals surface area contributed by atoms with Crippen molar-refractivity contribution in [2.24, 2.45) is 10.7 Å². The number of hydrogen-bond acceptors (Lipinski definition) is 13. The largest absolute Gasteiger partial charge is 0.480 e. The second-order valence-corrected chi connectivity index (χ2v) is 18.7. The molecule has 0 radical (unpaired) electrons. The van der Waals surface area contributed by atoms with Crippen molar-refractivity contribution in [1.29, 1.82) is 0 Å². The number of carboxylic acids is 1. The number of carbonyl (C=O) groups excluding carboxylic acids is 6. The Kier molecular flexibility index (Phi) is 21.3. The summed E-state index contributed by atoms with van der Waals surface area (Å²) >= 11 is 2.92. The lowest BCUT2D eigenvalue weighted by Gasteiger charge is -2.23. The van der Waals surface area contributed by atoms with Crippen LogP contribution in [0.5, 0.6) is 0 Å². The molecule has 1 aromatic carbocycles. The first kappa shape index (κ1) is 51.8. The van der Waals surface area contributed by atoms with E-state index in [0.29, 0.717) is 68.0 Å². The van der Waals surface area contributed by atoms with Crippen molar-refractivity contribution in [2.45, 2.75) is 135 Å². The predicted molar refractivity (Wildman–Crippen MR) is 245 cm³/mol. The number of ketones is 1. The third-order valence-electron chi connectivity index (χ3n) is 9.82. The molecular weight excluding hydrogens is 837 g/mol. The molecule has 1 aliphatic heterocycles. The van der Waals surface area contributed by atoms with Crippen LogP contribution < -0.4 is 32.3 Å². The smallest absolute Gasteiger partial charge is 0.408 e. The monoisotopic (exact) mass is 902 g/mol. The maximum absolute atomic E-state index is 13.6. The summed E-state index contributed by atoms with van der Waals surface area (Å²) in [6.07, 6.45) is 4.39. The molecule has 8 N–H and O–H groups in total. The molecule has 2 heterocycles. The molecule has 3 rings (SSSR count). The number of aryl methyl sites for hydroxylation is 1. The summed E-state index contributed by atoms with van der Waals surface area (Å²) < 4.78 is 6.23. The van der Waals surface area contributed by atoms with Crippen LogP contribution in [-0.4, -0.2) is 126 Å². The van der Waals surface area contributed by atoms with Crippen molar-refractivity contribution in [3.8, 4) is 0 Å². The number of unbranched alkanes of at least 4 members (excludes halogenated alkanes) is 3. The van der Waals surface area contributed by atoms with Gasteiger partial charge in [0.25, 0.3) is 0 Å². The Bertz CT molecular complexity index is 1910. The molecule has 0 fully saturated rings. The first-order valence-electron chi connectivity index (χ1n) is 21.3. The number of rotatable bonds is 26. The normalized spacial score (nSPS) is 15.3. The van der Waals surface area contributed by atoms with Crippen LogP contribution in [0.25, 0.3) is 10.1 Å². The molecule has 2 unspecified atom stereocenters. The summed E-state index contributed by atoms with van der Waals surface area (Å²) in [6.45, 7) is 9.77. The number of nitrogens with zero attached hydrogens (tertiary/aromatic N) is 2. The number of amides is 5.